The lowest BCUT2D eigenvalue weighted by molar-refractivity contribution is -0.133. The van der Waals surface area contributed by atoms with Crippen molar-refractivity contribution in [1.29, 1.82) is 0 Å². The van der Waals surface area contributed by atoms with Crippen LogP contribution < -0.4 is 19.5 Å². The van der Waals surface area contributed by atoms with E-state index in [-0.39, 0.29) is 18.3 Å². The number of imide groups is 1. The van der Waals surface area contributed by atoms with Crippen molar-refractivity contribution >= 4 is 11.9 Å². The molecule has 2 aromatic carbocycles. The van der Waals surface area contributed by atoms with Crippen LogP contribution in [-0.2, 0) is 16.9 Å². The summed E-state index contributed by atoms with van der Waals surface area (Å²) in [5.41, 5.74) is 0.131. The second-order valence-corrected chi connectivity index (χ2v) is 7.40. The number of para-hydroxylation sites is 1. The summed E-state index contributed by atoms with van der Waals surface area (Å²) in [4.78, 5) is 31.5. The maximum Gasteiger partial charge on any atom is 0.325 e. The fourth-order valence-electron chi connectivity index (χ4n) is 4.06. The quantitative estimate of drug-likeness (QED) is 0.607. The van der Waals surface area contributed by atoms with Crippen LogP contribution in [0.4, 0.5) is 4.79 Å². The Morgan fingerprint density at radius 3 is 2.75 bits per heavy atom. The third-order valence-corrected chi connectivity index (χ3v) is 5.66. The molecule has 32 heavy (non-hydrogen) atoms. The maximum atomic E-state index is 13.4. The van der Waals surface area contributed by atoms with Crippen molar-refractivity contribution in [2.45, 2.75) is 18.5 Å². The molecule has 10 heteroatoms. The molecule has 164 valence electrons. The molecule has 1 unspecified atom stereocenters. The molecule has 0 saturated carbocycles. The molecule has 3 heterocycles. The largest absolute Gasteiger partial charge is 0.493 e. The number of fused-ring (bicyclic) bond motifs is 2. The first-order chi connectivity index (χ1) is 15.6. The molecule has 2 aliphatic rings. The minimum atomic E-state index is -1.15. The van der Waals surface area contributed by atoms with Crippen molar-refractivity contribution in [3.05, 3.63) is 53.9 Å². The molecule has 5 rings (SSSR count). The highest BCUT2D eigenvalue weighted by molar-refractivity contribution is 6.07. The van der Waals surface area contributed by atoms with Crippen molar-refractivity contribution in [1.82, 2.24) is 20.4 Å². The van der Waals surface area contributed by atoms with Crippen LogP contribution in [0.1, 0.15) is 17.9 Å². The second kappa shape index (κ2) is 7.56. The Labute approximate surface area is 183 Å². The number of urea groups is 1. The Morgan fingerprint density at radius 1 is 1.12 bits per heavy atom. The number of nitrogens with one attached hydrogen (secondary N) is 1. The predicted octanol–water partition coefficient (Wildman–Crippen LogP) is 2.48. The molecule has 1 spiro atoms. The highest BCUT2D eigenvalue weighted by atomic mass is 16.5. The van der Waals surface area contributed by atoms with Gasteiger partial charge in [-0.3, -0.25) is 9.69 Å². The molecule has 3 amide bonds. The molecule has 3 aromatic rings. The van der Waals surface area contributed by atoms with Gasteiger partial charge in [-0.05, 0) is 24.3 Å². The van der Waals surface area contributed by atoms with Gasteiger partial charge in [0.1, 0.15) is 12.3 Å². The van der Waals surface area contributed by atoms with E-state index in [0.717, 1.165) is 4.90 Å². The van der Waals surface area contributed by atoms with Crippen molar-refractivity contribution in [3.8, 4) is 28.6 Å². The number of hydrogen-bond donors (Lipinski definition) is 1. The minimum Gasteiger partial charge on any atom is -0.493 e. The zero-order valence-electron chi connectivity index (χ0n) is 17.5. The summed E-state index contributed by atoms with van der Waals surface area (Å²) < 4.78 is 21.5. The van der Waals surface area contributed by atoms with Crippen LogP contribution in [0.25, 0.3) is 11.4 Å². The summed E-state index contributed by atoms with van der Waals surface area (Å²) in [7, 11) is 3.08. The number of aromatic nitrogens is 2. The van der Waals surface area contributed by atoms with E-state index < -0.39 is 11.6 Å². The Bertz CT molecular complexity index is 1210. The lowest BCUT2D eigenvalue weighted by atomic mass is 9.84. The molecule has 10 nitrogen and oxygen atoms in total. The highest BCUT2D eigenvalue weighted by Gasteiger charge is 2.55. The second-order valence-electron chi connectivity index (χ2n) is 7.40. The monoisotopic (exact) mass is 436 g/mol. The Kier molecular flexibility index (Phi) is 4.69. The average molecular weight is 436 g/mol. The number of ether oxygens (including phenoxy) is 3. The summed E-state index contributed by atoms with van der Waals surface area (Å²) in [6, 6.07) is 11.9. The summed E-state index contributed by atoms with van der Waals surface area (Å²) in [6.45, 7) is 0.177. The topological polar surface area (TPSA) is 116 Å². The van der Waals surface area contributed by atoms with E-state index in [9.17, 15) is 9.59 Å². The number of methoxy groups -OCH3 is 2. The van der Waals surface area contributed by atoms with Crippen molar-refractivity contribution in [2.75, 3.05) is 20.8 Å². The van der Waals surface area contributed by atoms with Crippen LogP contribution in [0.3, 0.4) is 0 Å². The van der Waals surface area contributed by atoms with Gasteiger partial charge in [0.2, 0.25) is 11.7 Å². The van der Waals surface area contributed by atoms with E-state index in [1.807, 2.05) is 12.1 Å². The maximum absolute atomic E-state index is 13.4. The minimum absolute atomic E-state index is 0.135. The molecule has 0 radical (unpaired) electrons. The third kappa shape index (κ3) is 3.03. The van der Waals surface area contributed by atoms with Gasteiger partial charge < -0.3 is 24.1 Å². The standard InChI is InChI=1S/C22H20N4O6/c1-29-16-8-7-13(11-17(16)30-2)19-23-18(32-25-19)12-26-20(27)22(24-21(26)28)9-10-31-15-6-4-3-5-14(15)22/h3-8,11H,9-10,12H2,1-2H3,(H,24,28). The van der Waals surface area contributed by atoms with Crippen LogP contribution in [-0.4, -0.2) is 47.8 Å². The van der Waals surface area contributed by atoms with Gasteiger partial charge >= 0.3 is 6.03 Å². The first-order valence-corrected chi connectivity index (χ1v) is 9.97. The smallest absolute Gasteiger partial charge is 0.325 e. The van der Waals surface area contributed by atoms with Crippen molar-refractivity contribution in [2.24, 2.45) is 0 Å². The van der Waals surface area contributed by atoms with Crippen LogP contribution >= 0.6 is 0 Å². The average Bonchev–Trinajstić information content (AvgIpc) is 3.38. The molecule has 2 aliphatic heterocycles. The highest BCUT2D eigenvalue weighted by Crippen LogP contribution is 2.41. The molecule has 1 aromatic heterocycles. The number of amides is 3. The lowest BCUT2D eigenvalue weighted by Gasteiger charge is -2.33. The molecular weight excluding hydrogens is 416 g/mol. The first-order valence-electron chi connectivity index (χ1n) is 9.97. The van der Waals surface area contributed by atoms with E-state index in [1.54, 1.807) is 37.4 Å². The van der Waals surface area contributed by atoms with Gasteiger partial charge in [0, 0.05) is 17.5 Å². The Balaban J connectivity index is 1.40. The summed E-state index contributed by atoms with van der Waals surface area (Å²) in [5, 5.41) is 6.83. The van der Waals surface area contributed by atoms with E-state index in [2.05, 4.69) is 15.5 Å². The zero-order valence-corrected chi connectivity index (χ0v) is 17.5. The normalized spacial score (nSPS) is 19.5. The van der Waals surface area contributed by atoms with Crippen LogP contribution in [0.2, 0.25) is 0 Å². The fraction of sp³-hybridized carbons (Fsp3) is 0.273. The van der Waals surface area contributed by atoms with E-state index in [4.69, 9.17) is 18.7 Å². The van der Waals surface area contributed by atoms with E-state index in [0.29, 0.717) is 47.2 Å². The van der Waals surface area contributed by atoms with Crippen LogP contribution in [0.15, 0.2) is 47.0 Å². The number of hydrogen-bond acceptors (Lipinski definition) is 8. The van der Waals surface area contributed by atoms with Crippen molar-refractivity contribution < 1.29 is 28.3 Å². The number of rotatable bonds is 5. The molecule has 0 bridgehead atoms. The number of nitrogens with zero attached hydrogens (tertiary/aromatic N) is 3. The van der Waals surface area contributed by atoms with Crippen molar-refractivity contribution in [3.63, 3.8) is 0 Å². The van der Waals surface area contributed by atoms with Gasteiger partial charge in [-0.1, -0.05) is 23.4 Å². The van der Waals surface area contributed by atoms with Gasteiger partial charge in [-0.15, -0.1) is 0 Å². The molecule has 0 aliphatic carbocycles. The summed E-state index contributed by atoms with van der Waals surface area (Å²) in [5.74, 6) is 1.74. The van der Waals surface area contributed by atoms with Gasteiger partial charge in [0.05, 0.1) is 20.8 Å². The molecule has 1 fully saturated rings. The Morgan fingerprint density at radius 2 is 1.94 bits per heavy atom. The molecular formula is C22H20N4O6. The van der Waals surface area contributed by atoms with Crippen LogP contribution in [0, 0.1) is 0 Å². The molecule has 1 saturated heterocycles. The SMILES string of the molecule is COc1ccc(-c2noc(CN3C(=O)NC4(CCOc5ccccc54)C3=O)n2)cc1OC. The fourth-order valence-corrected chi connectivity index (χ4v) is 4.06. The predicted molar refractivity (Wildman–Crippen MR) is 110 cm³/mol. The third-order valence-electron chi connectivity index (χ3n) is 5.66. The number of benzene rings is 2. The molecule has 1 atom stereocenters. The number of carbonyl (C=O) groups excluding carboxylic acids is 2. The lowest BCUT2D eigenvalue weighted by Crippen LogP contribution is -2.47. The van der Waals surface area contributed by atoms with E-state index in [1.165, 1.54) is 7.11 Å². The van der Waals surface area contributed by atoms with Gasteiger partial charge in [-0.25, -0.2) is 4.79 Å². The first kappa shape index (κ1) is 19.9. The molecule has 1 N–H and O–H groups in total. The Hall–Kier alpha value is -4.08. The summed E-state index contributed by atoms with van der Waals surface area (Å²) >= 11 is 0. The van der Waals surface area contributed by atoms with Gasteiger partial charge in [-0.2, -0.15) is 4.98 Å². The van der Waals surface area contributed by atoms with Crippen LogP contribution in [0.5, 0.6) is 17.2 Å². The zero-order chi connectivity index (χ0) is 22.3. The number of carbonyl (C=O) groups is 2. The van der Waals surface area contributed by atoms with E-state index >= 15 is 0 Å². The summed E-state index contributed by atoms with van der Waals surface area (Å²) in [6.07, 6.45) is 0.339. The van der Waals surface area contributed by atoms with Gasteiger partial charge in [0.25, 0.3) is 5.91 Å². The van der Waals surface area contributed by atoms with Gasteiger partial charge in [0.15, 0.2) is 17.0 Å².